The van der Waals surface area contributed by atoms with Crippen LogP contribution in [0.15, 0.2) is 36.8 Å². The number of aromatic hydroxyl groups is 1. The molecule has 8 nitrogen and oxygen atoms in total. The number of para-hydroxylation sites is 1. The van der Waals surface area contributed by atoms with Gasteiger partial charge in [0.1, 0.15) is 17.9 Å². The smallest absolute Gasteiger partial charge is 0.257 e. The number of piperazine rings is 1. The van der Waals surface area contributed by atoms with Crippen LogP contribution >= 0.6 is 0 Å². The lowest BCUT2D eigenvalue weighted by Crippen LogP contribution is -2.49. The molecule has 1 aliphatic heterocycles. The summed E-state index contributed by atoms with van der Waals surface area (Å²) in [5.41, 5.74) is 1.13. The molecule has 8 heteroatoms. The Kier molecular flexibility index (Phi) is 3.72. The van der Waals surface area contributed by atoms with Crippen LogP contribution in [0.2, 0.25) is 0 Å². The maximum absolute atomic E-state index is 12.6. The summed E-state index contributed by atoms with van der Waals surface area (Å²) in [5.74, 6) is 0.711. The van der Waals surface area contributed by atoms with E-state index in [1.54, 1.807) is 40.3 Å². The van der Waals surface area contributed by atoms with E-state index in [0.717, 1.165) is 16.9 Å². The first kappa shape index (κ1) is 15.4. The second kappa shape index (κ2) is 6.04. The fourth-order valence-corrected chi connectivity index (χ4v) is 3.15. The highest BCUT2D eigenvalue weighted by Gasteiger charge is 2.25. The molecular weight excluding hydrogens is 320 g/mol. The van der Waals surface area contributed by atoms with Crippen molar-refractivity contribution in [1.29, 1.82) is 0 Å². The van der Waals surface area contributed by atoms with E-state index < -0.39 is 0 Å². The first-order chi connectivity index (χ1) is 12.1. The largest absolute Gasteiger partial charge is 0.507 e. The molecular formula is C17H18N6O2. The van der Waals surface area contributed by atoms with Crippen molar-refractivity contribution in [3.8, 4) is 5.75 Å². The average Bonchev–Trinajstić information content (AvgIpc) is 3.03. The van der Waals surface area contributed by atoms with E-state index in [0.29, 0.717) is 31.7 Å². The molecule has 0 unspecified atom stereocenters. The van der Waals surface area contributed by atoms with Crippen LogP contribution in [0.1, 0.15) is 10.4 Å². The first-order valence-corrected chi connectivity index (χ1v) is 8.10. The highest BCUT2D eigenvalue weighted by Crippen LogP contribution is 2.24. The van der Waals surface area contributed by atoms with Crippen molar-refractivity contribution in [1.82, 2.24) is 24.6 Å². The number of fused-ring (bicyclic) bond motifs is 1. The summed E-state index contributed by atoms with van der Waals surface area (Å²) in [7, 11) is 1.85. The molecule has 0 radical (unpaired) electrons. The van der Waals surface area contributed by atoms with Crippen LogP contribution in [-0.4, -0.2) is 61.8 Å². The van der Waals surface area contributed by atoms with Gasteiger partial charge in [-0.25, -0.2) is 9.97 Å². The van der Waals surface area contributed by atoms with Gasteiger partial charge in [-0.1, -0.05) is 12.1 Å². The second-order valence-corrected chi connectivity index (χ2v) is 6.00. The van der Waals surface area contributed by atoms with E-state index >= 15 is 0 Å². The number of amides is 1. The van der Waals surface area contributed by atoms with Gasteiger partial charge in [0.25, 0.3) is 5.91 Å². The minimum absolute atomic E-state index is 0.0165. The third-order valence-corrected chi connectivity index (χ3v) is 4.51. The van der Waals surface area contributed by atoms with Crippen molar-refractivity contribution in [2.75, 3.05) is 31.1 Å². The van der Waals surface area contributed by atoms with Crippen LogP contribution < -0.4 is 4.90 Å². The molecule has 3 aromatic rings. The summed E-state index contributed by atoms with van der Waals surface area (Å²) in [4.78, 5) is 25.1. The molecule has 1 fully saturated rings. The number of anilines is 1. The third-order valence-electron chi connectivity index (χ3n) is 4.51. The Morgan fingerprint density at radius 3 is 2.64 bits per heavy atom. The summed E-state index contributed by atoms with van der Waals surface area (Å²) >= 11 is 0. The van der Waals surface area contributed by atoms with Gasteiger partial charge in [0.05, 0.1) is 17.1 Å². The number of hydrogen-bond acceptors (Lipinski definition) is 6. The van der Waals surface area contributed by atoms with Crippen LogP contribution in [0.25, 0.3) is 11.0 Å². The Bertz CT molecular complexity index is 930. The van der Waals surface area contributed by atoms with Crippen molar-refractivity contribution >= 4 is 22.8 Å². The summed E-state index contributed by atoms with van der Waals surface area (Å²) in [6.07, 6.45) is 3.31. The molecule has 0 atom stereocenters. The Labute approximate surface area is 144 Å². The Hall–Kier alpha value is -3.16. The molecule has 1 aliphatic rings. The molecule has 25 heavy (non-hydrogen) atoms. The molecule has 1 aromatic carbocycles. The third kappa shape index (κ3) is 2.65. The van der Waals surface area contributed by atoms with Gasteiger partial charge >= 0.3 is 0 Å². The lowest BCUT2D eigenvalue weighted by atomic mass is 10.1. The number of aryl methyl sites for hydroxylation is 1. The molecule has 2 aromatic heterocycles. The van der Waals surface area contributed by atoms with Crippen LogP contribution in [0, 0.1) is 0 Å². The van der Waals surface area contributed by atoms with Gasteiger partial charge in [0, 0.05) is 33.2 Å². The van der Waals surface area contributed by atoms with E-state index in [1.807, 2.05) is 7.05 Å². The molecule has 4 rings (SSSR count). The number of aromatic nitrogens is 4. The van der Waals surface area contributed by atoms with Crippen molar-refractivity contribution in [3.05, 3.63) is 42.4 Å². The summed E-state index contributed by atoms with van der Waals surface area (Å²) in [5, 5.41) is 15.0. The number of rotatable bonds is 2. The zero-order valence-corrected chi connectivity index (χ0v) is 13.8. The van der Waals surface area contributed by atoms with E-state index in [4.69, 9.17) is 0 Å². The predicted molar refractivity (Wildman–Crippen MR) is 92.5 cm³/mol. The van der Waals surface area contributed by atoms with Gasteiger partial charge < -0.3 is 14.9 Å². The van der Waals surface area contributed by atoms with Gasteiger partial charge in [-0.2, -0.15) is 5.10 Å². The predicted octanol–water partition coefficient (Wildman–Crippen LogP) is 1.03. The van der Waals surface area contributed by atoms with Gasteiger partial charge in [0.15, 0.2) is 5.65 Å². The maximum Gasteiger partial charge on any atom is 0.257 e. The number of benzene rings is 1. The molecule has 3 heterocycles. The molecule has 128 valence electrons. The minimum atomic E-state index is -0.146. The standard InChI is InChI=1S/C17H18N6O2/c1-21-15-13(10-20-21)16(19-11-18-15)22-6-8-23(9-7-22)17(25)12-4-2-3-5-14(12)24/h2-5,10-11,24H,6-9H2,1H3. The summed E-state index contributed by atoms with van der Waals surface area (Å²) in [6, 6.07) is 6.64. The first-order valence-electron chi connectivity index (χ1n) is 8.10. The second-order valence-electron chi connectivity index (χ2n) is 6.00. The monoisotopic (exact) mass is 338 g/mol. The normalized spacial score (nSPS) is 14.9. The Morgan fingerprint density at radius 1 is 1.12 bits per heavy atom. The number of hydrogen-bond donors (Lipinski definition) is 1. The molecule has 1 amide bonds. The maximum atomic E-state index is 12.6. The van der Waals surface area contributed by atoms with E-state index in [-0.39, 0.29) is 11.7 Å². The van der Waals surface area contributed by atoms with Gasteiger partial charge in [0.2, 0.25) is 0 Å². The highest BCUT2D eigenvalue weighted by molar-refractivity contribution is 5.97. The summed E-state index contributed by atoms with van der Waals surface area (Å²) < 4.78 is 1.72. The van der Waals surface area contributed by atoms with Crippen LogP contribution in [-0.2, 0) is 7.05 Å². The van der Waals surface area contributed by atoms with Gasteiger partial charge in [-0.05, 0) is 12.1 Å². The number of carbonyl (C=O) groups is 1. The fraction of sp³-hybridized carbons (Fsp3) is 0.294. The molecule has 0 aliphatic carbocycles. The number of phenols is 1. The lowest BCUT2D eigenvalue weighted by Gasteiger charge is -2.35. The van der Waals surface area contributed by atoms with Crippen molar-refractivity contribution in [2.45, 2.75) is 0 Å². The quantitative estimate of drug-likeness (QED) is 0.751. The van der Waals surface area contributed by atoms with Crippen molar-refractivity contribution in [2.24, 2.45) is 7.05 Å². The zero-order valence-electron chi connectivity index (χ0n) is 13.8. The SMILES string of the molecule is Cn1ncc2c(N3CCN(C(=O)c4ccccc4O)CC3)ncnc21. The van der Waals surface area contributed by atoms with Gasteiger partial charge in [-0.15, -0.1) is 0 Å². The fourth-order valence-electron chi connectivity index (χ4n) is 3.15. The average molecular weight is 338 g/mol. The Balaban J connectivity index is 1.51. The number of carbonyl (C=O) groups excluding carboxylic acids is 1. The van der Waals surface area contributed by atoms with E-state index in [1.165, 1.54) is 6.07 Å². The van der Waals surface area contributed by atoms with Crippen LogP contribution in [0.3, 0.4) is 0 Å². The lowest BCUT2D eigenvalue weighted by molar-refractivity contribution is 0.0743. The number of nitrogens with zero attached hydrogens (tertiary/aromatic N) is 6. The zero-order chi connectivity index (χ0) is 17.4. The summed E-state index contributed by atoms with van der Waals surface area (Å²) in [6.45, 7) is 2.47. The van der Waals surface area contributed by atoms with Crippen molar-refractivity contribution < 1.29 is 9.90 Å². The minimum Gasteiger partial charge on any atom is -0.507 e. The Morgan fingerprint density at radius 2 is 1.88 bits per heavy atom. The molecule has 0 spiro atoms. The van der Waals surface area contributed by atoms with Crippen LogP contribution in [0.4, 0.5) is 5.82 Å². The van der Waals surface area contributed by atoms with Gasteiger partial charge in [-0.3, -0.25) is 9.48 Å². The molecule has 0 bridgehead atoms. The molecule has 0 saturated carbocycles. The van der Waals surface area contributed by atoms with E-state index in [2.05, 4.69) is 20.0 Å². The highest BCUT2D eigenvalue weighted by atomic mass is 16.3. The van der Waals surface area contributed by atoms with Crippen LogP contribution in [0.5, 0.6) is 5.75 Å². The van der Waals surface area contributed by atoms with E-state index in [9.17, 15) is 9.90 Å². The van der Waals surface area contributed by atoms with Crippen molar-refractivity contribution in [3.63, 3.8) is 0 Å². The number of phenolic OH excluding ortho intramolecular Hbond substituents is 1. The topological polar surface area (TPSA) is 87.4 Å². The molecule has 1 saturated heterocycles. The molecule has 1 N–H and O–H groups in total.